The van der Waals surface area contributed by atoms with Crippen molar-refractivity contribution < 1.29 is 18.8 Å². The molecular formula is C20H19ClN4O4. The van der Waals surface area contributed by atoms with Crippen LogP contribution >= 0.6 is 11.6 Å². The number of carbonyl (C=O) groups is 2. The molecule has 1 aromatic heterocycles. The molecule has 2 aromatic carbocycles. The minimum Gasteiger partial charge on any atom is -0.496 e. The predicted octanol–water partition coefficient (Wildman–Crippen LogP) is 3.10. The van der Waals surface area contributed by atoms with Gasteiger partial charge in [-0.3, -0.25) is 20.4 Å². The first kappa shape index (κ1) is 20.3. The Hall–Kier alpha value is -3.39. The molecule has 0 aliphatic rings. The molecule has 0 aliphatic heterocycles. The van der Waals surface area contributed by atoms with E-state index < -0.39 is 11.8 Å². The third-order valence-corrected chi connectivity index (χ3v) is 4.30. The number of amides is 2. The van der Waals surface area contributed by atoms with E-state index in [9.17, 15) is 9.59 Å². The third kappa shape index (κ3) is 5.32. The molecule has 8 nitrogen and oxygen atoms in total. The predicted molar refractivity (Wildman–Crippen MR) is 106 cm³/mol. The Balaban J connectivity index is 1.51. The van der Waals surface area contributed by atoms with Gasteiger partial charge in [-0.15, -0.1) is 0 Å². The summed E-state index contributed by atoms with van der Waals surface area (Å²) in [6.07, 6.45) is 0.295. The number of aromatic nitrogens is 2. The fourth-order valence-electron chi connectivity index (χ4n) is 2.51. The molecule has 0 unspecified atom stereocenters. The van der Waals surface area contributed by atoms with E-state index in [0.29, 0.717) is 22.5 Å². The van der Waals surface area contributed by atoms with Crippen LogP contribution in [0.2, 0.25) is 5.02 Å². The zero-order valence-corrected chi connectivity index (χ0v) is 16.6. The number of nitrogens with zero attached hydrogens (tertiary/aromatic N) is 2. The third-order valence-electron chi connectivity index (χ3n) is 4.07. The van der Waals surface area contributed by atoms with Gasteiger partial charge in [0.1, 0.15) is 5.75 Å². The molecule has 0 radical (unpaired) electrons. The lowest BCUT2D eigenvalue weighted by Gasteiger charge is -2.10. The van der Waals surface area contributed by atoms with Gasteiger partial charge in [-0.2, -0.15) is 4.98 Å². The largest absolute Gasteiger partial charge is 0.496 e. The van der Waals surface area contributed by atoms with Crippen molar-refractivity contribution >= 4 is 23.4 Å². The van der Waals surface area contributed by atoms with Crippen molar-refractivity contribution in [3.05, 3.63) is 64.5 Å². The van der Waals surface area contributed by atoms with Gasteiger partial charge in [0, 0.05) is 23.4 Å². The van der Waals surface area contributed by atoms with Gasteiger partial charge in [0.05, 0.1) is 12.7 Å². The molecule has 0 saturated carbocycles. The molecule has 3 rings (SSSR count). The van der Waals surface area contributed by atoms with Gasteiger partial charge >= 0.3 is 0 Å². The smallest absolute Gasteiger partial charge is 0.273 e. The Morgan fingerprint density at radius 3 is 2.62 bits per heavy atom. The molecule has 0 saturated heterocycles. The van der Waals surface area contributed by atoms with Crippen molar-refractivity contribution in [2.75, 3.05) is 7.11 Å². The van der Waals surface area contributed by atoms with E-state index in [0.717, 1.165) is 11.1 Å². The van der Waals surface area contributed by atoms with Gasteiger partial charge in [-0.25, -0.2) is 0 Å². The summed E-state index contributed by atoms with van der Waals surface area (Å²) in [6.45, 7) is 1.99. The average Bonchev–Trinajstić information content (AvgIpc) is 3.20. The second-order valence-electron chi connectivity index (χ2n) is 6.22. The van der Waals surface area contributed by atoms with Crippen LogP contribution < -0.4 is 15.6 Å². The highest BCUT2D eigenvalue weighted by molar-refractivity contribution is 6.31. The number of rotatable bonds is 6. The van der Waals surface area contributed by atoms with Gasteiger partial charge in [-0.05, 0) is 25.1 Å². The Kier molecular flexibility index (Phi) is 6.46. The number of benzene rings is 2. The fourth-order valence-corrected chi connectivity index (χ4v) is 2.68. The van der Waals surface area contributed by atoms with Crippen LogP contribution in [0.15, 0.2) is 47.0 Å². The fraction of sp³-hybridized carbons (Fsp3) is 0.200. The molecule has 9 heteroatoms. The highest BCUT2D eigenvalue weighted by atomic mass is 35.5. The van der Waals surface area contributed by atoms with Crippen LogP contribution in [0.5, 0.6) is 5.75 Å². The maximum absolute atomic E-state index is 12.2. The number of carbonyl (C=O) groups excluding carboxylic acids is 2. The van der Waals surface area contributed by atoms with Crippen molar-refractivity contribution in [3.8, 4) is 17.1 Å². The lowest BCUT2D eigenvalue weighted by atomic mass is 10.1. The van der Waals surface area contributed by atoms with E-state index in [2.05, 4.69) is 21.0 Å². The second kappa shape index (κ2) is 9.20. The van der Waals surface area contributed by atoms with Crippen LogP contribution in [0.1, 0.15) is 28.2 Å². The first-order valence-electron chi connectivity index (χ1n) is 8.78. The van der Waals surface area contributed by atoms with Crippen molar-refractivity contribution in [2.45, 2.75) is 19.8 Å². The van der Waals surface area contributed by atoms with Gasteiger partial charge in [0.25, 0.3) is 5.91 Å². The molecular weight excluding hydrogens is 396 g/mol. The number of ether oxygens (including phenoxy) is 1. The van der Waals surface area contributed by atoms with Crippen LogP contribution in [-0.4, -0.2) is 29.1 Å². The summed E-state index contributed by atoms with van der Waals surface area (Å²) in [7, 11) is 1.44. The maximum atomic E-state index is 12.2. The molecule has 2 amide bonds. The molecule has 0 aliphatic carbocycles. The SMILES string of the molecule is COc1ccc(Cl)cc1C(=O)NNC(=O)CCc1nc(-c2ccc(C)cc2)no1. The van der Waals surface area contributed by atoms with Gasteiger partial charge in [-0.1, -0.05) is 46.6 Å². The van der Waals surface area contributed by atoms with Crippen molar-refractivity contribution in [1.29, 1.82) is 0 Å². The number of halogens is 1. The molecule has 0 spiro atoms. The summed E-state index contributed by atoms with van der Waals surface area (Å²) in [5.41, 5.74) is 6.84. The standard InChI is InChI=1S/C20H19ClN4O4/c1-12-3-5-13(6-4-12)19-22-18(29-25-19)10-9-17(26)23-24-20(27)15-11-14(21)7-8-16(15)28-2/h3-8,11H,9-10H2,1-2H3,(H,23,26)(H,24,27). The van der Waals surface area contributed by atoms with E-state index in [-0.39, 0.29) is 18.4 Å². The average molecular weight is 415 g/mol. The Morgan fingerprint density at radius 2 is 1.90 bits per heavy atom. The summed E-state index contributed by atoms with van der Waals surface area (Å²) < 4.78 is 10.3. The Labute approximate surface area is 172 Å². The van der Waals surface area contributed by atoms with Gasteiger partial charge in [0.15, 0.2) is 0 Å². The molecule has 150 valence electrons. The van der Waals surface area contributed by atoms with Crippen molar-refractivity contribution in [3.63, 3.8) is 0 Å². The van der Waals surface area contributed by atoms with E-state index >= 15 is 0 Å². The number of hydrazine groups is 1. The highest BCUT2D eigenvalue weighted by Gasteiger charge is 2.15. The number of hydrogen-bond acceptors (Lipinski definition) is 6. The molecule has 1 heterocycles. The minimum atomic E-state index is -0.544. The first-order chi connectivity index (χ1) is 14.0. The Morgan fingerprint density at radius 1 is 1.14 bits per heavy atom. The van der Waals surface area contributed by atoms with Gasteiger partial charge in [0.2, 0.25) is 17.6 Å². The van der Waals surface area contributed by atoms with Crippen LogP contribution in [0.3, 0.4) is 0 Å². The Bertz CT molecular complexity index is 1020. The molecule has 0 atom stereocenters. The quantitative estimate of drug-likeness (QED) is 0.600. The highest BCUT2D eigenvalue weighted by Crippen LogP contribution is 2.22. The number of hydrogen-bond donors (Lipinski definition) is 2. The molecule has 3 aromatic rings. The topological polar surface area (TPSA) is 106 Å². The molecule has 29 heavy (non-hydrogen) atoms. The van der Waals surface area contributed by atoms with Crippen molar-refractivity contribution in [2.24, 2.45) is 0 Å². The summed E-state index contributed by atoms with van der Waals surface area (Å²) in [5, 5.41) is 4.30. The summed E-state index contributed by atoms with van der Waals surface area (Å²) in [4.78, 5) is 28.5. The van der Waals surface area contributed by atoms with E-state index in [1.807, 2.05) is 31.2 Å². The number of nitrogens with one attached hydrogen (secondary N) is 2. The van der Waals surface area contributed by atoms with Gasteiger partial charge < -0.3 is 9.26 Å². The number of methoxy groups -OCH3 is 1. The summed E-state index contributed by atoms with van der Waals surface area (Å²) in [6, 6.07) is 12.3. The minimum absolute atomic E-state index is 0.0580. The van der Waals surface area contributed by atoms with E-state index in [1.54, 1.807) is 12.1 Å². The molecule has 0 fully saturated rings. The zero-order valence-electron chi connectivity index (χ0n) is 15.9. The van der Waals surface area contributed by atoms with Crippen LogP contribution in [0, 0.1) is 6.92 Å². The zero-order chi connectivity index (χ0) is 20.8. The van der Waals surface area contributed by atoms with Crippen LogP contribution in [-0.2, 0) is 11.2 Å². The monoisotopic (exact) mass is 414 g/mol. The molecule has 2 N–H and O–H groups in total. The van der Waals surface area contributed by atoms with E-state index in [4.69, 9.17) is 20.9 Å². The van der Waals surface area contributed by atoms with E-state index in [1.165, 1.54) is 13.2 Å². The second-order valence-corrected chi connectivity index (χ2v) is 6.66. The maximum Gasteiger partial charge on any atom is 0.273 e. The lowest BCUT2D eigenvalue weighted by molar-refractivity contribution is -0.121. The normalized spacial score (nSPS) is 10.4. The van der Waals surface area contributed by atoms with Crippen molar-refractivity contribution in [1.82, 2.24) is 21.0 Å². The van der Waals surface area contributed by atoms with Crippen LogP contribution in [0.4, 0.5) is 0 Å². The lowest BCUT2D eigenvalue weighted by Crippen LogP contribution is -2.41. The van der Waals surface area contributed by atoms with Crippen LogP contribution in [0.25, 0.3) is 11.4 Å². The summed E-state index contributed by atoms with van der Waals surface area (Å²) >= 11 is 5.91. The molecule has 0 bridgehead atoms. The number of aryl methyl sites for hydroxylation is 2. The first-order valence-corrected chi connectivity index (χ1v) is 9.16. The summed E-state index contributed by atoms with van der Waals surface area (Å²) in [5.74, 6) is 0.183.